The first-order chi connectivity index (χ1) is 10.5. The van der Waals surface area contributed by atoms with E-state index in [4.69, 9.17) is 6.42 Å². The maximum Gasteiger partial charge on any atom is 0.130 e. The van der Waals surface area contributed by atoms with Crippen molar-refractivity contribution >= 4 is 0 Å². The summed E-state index contributed by atoms with van der Waals surface area (Å²) in [5, 5.41) is 20.6. The Balaban J connectivity index is 1.72. The van der Waals surface area contributed by atoms with E-state index in [2.05, 4.69) is 18.9 Å². The van der Waals surface area contributed by atoms with Crippen LogP contribution in [0, 0.1) is 29.6 Å². The number of aryl methyl sites for hydroxylation is 1. The highest BCUT2D eigenvalue weighted by atomic mass is 16.3. The van der Waals surface area contributed by atoms with Crippen LogP contribution in [-0.2, 0) is 6.42 Å². The highest BCUT2D eigenvalue weighted by Gasteiger charge is 2.61. The predicted octanol–water partition coefficient (Wildman–Crippen LogP) is 3.61. The van der Waals surface area contributed by atoms with Gasteiger partial charge in [0.25, 0.3) is 0 Å². The van der Waals surface area contributed by atoms with Crippen LogP contribution in [0.25, 0.3) is 0 Å². The Hall–Kier alpha value is -1.46. The molecular weight excluding hydrogens is 272 g/mol. The highest BCUT2D eigenvalue weighted by Crippen LogP contribution is 2.64. The van der Waals surface area contributed by atoms with E-state index in [0.29, 0.717) is 23.5 Å². The summed E-state index contributed by atoms with van der Waals surface area (Å²) >= 11 is 0. The third-order valence-electron chi connectivity index (χ3n) is 7.10. The van der Waals surface area contributed by atoms with E-state index in [1.165, 1.54) is 11.1 Å². The largest absolute Gasteiger partial charge is 0.508 e. The van der Waals surface area contributed by atoms with Gasteiger partial charge in [0.1, 0.15) is 11.4 Å². The fraction of sp³-hybridized carbons (Fsp3) is 0.600. The molecule has 2 heteroatoms. The third kappa shape index (κ3) is 1.66. The Bertz CT molecular complexity index is 658. The van der Waals surface area contributed by atoms with Gasteiger partial charge in [0.2, 0.25) is 0 Å². The van der Waals surface area contributed by atoms with Crippen LogP contribution in [0.15, 0.2) is 18.2 Å². The molecule has 1 aromatic rings. The summed E-state index contributed by atoms with van der Waals surface area (Å²) < 4.78 is 0. The molecule has 1 aromatic carbocycles. The Kier molecular flexibility index (Phi) is 2.91. The molecule has 0 bridgehead atoms. The van der Waals surface area contributed by atoms with Crippen LogP contribution in [0.5, 0.6) is 5.75 Å². The van der Waals surface area contributed by atoms with Crippen molar-refractivity contribution in [2.45, 2.75) is 57.0 Å². The van der Waals surface area contributed by atoms with Crippen LogP contribution < -0.4 is 0 Å². The highest BCUT2D eigenvalue weighted by molar-refractivity contribution is 5.40. The SMILES string of the molecule is C#C[C@@]1(O)CC[C@@H]2[C@@H]3CCc4cc(O)ccc4[C@@H]3CC[C@@]21C. The van der Waals surface area contributed by atoms with Gasteiger partial charge in [-0.2, -0.15) is 0 Å². The number of aromatic hydroxyl groups is 1. The maximum absolute atomic E-state index is 10.9. The van der Waals surface area contributed by atoms with Crippen LogP contribution in [0.4, 0.5) is 0 Å². The second-order valence-corrected chi connectivity index (χ2v) is 7.80. The average Bonchev–Trinajstić information content (AvgIpc) is 2.79. The van der Waals surface area contributed by atoms with Crippen molar-refractivity contribution in [2.24, 2.45) is 17.3 Å². The molecule has 2 saturated carbocycles. The Morgan fingerprint density at radius 3 is 2.82 bits per heavy atom. The summed E-state index contributed by atoms with van der Waals surface area (Å²) in [6.45, 7) is 2.22. The van der Waals surface area contributed by atoms with E-state index in [1.54, 1.807) is 0 Å². The van der Waals surface area contributed by atoms with Gasteiger partial charge < -0.3 is 10.2 Å². The number of benzene rings is 1. The molecule has 0 saturated heterocycles. The summed E-state index contributed by atoms with van der Waals surface area (Å²) in [6, 6.07) is 5.87. The van der Waals surface area contributed by atoms with Crippen LogP contribution in [-0.4, -0.2) is 15.8 Å². The minimum Gasteiger partial charge on any atom is -0.508 e. The van der Waals surface area contributed by atoms with Crippen molar-refractivity contribution in [3.63, 3.8) is 0 Å². The van der Waals surface area contributed by atoms with E-state index in [0.717, 1.165) is 38.5 Å². The first kappa shape index (κ1) is 14.2. The van der Waals surface area contributed by atoms with Crippen molar-refractivity contribution in [1.29, 1.82) is 0 Å². The Morgan fingerprint density at radius 2 is 2.05 bits per heavy atom. The van der Waals surface area contributed by atoms with Gasteiger partial charge in [0, 0.05) is 5.41 Å². The minimum absolute atomic E-state index is 0.128. The van der Waals surface area contributed by atoms with Crippen LogP contribution >= 0.6 is 0 Å². The zero-order valence-corrected chi connectivity index (χ0v) is 13.2. The van der Waals surface area contributed by atoms with Crippen molar-refractivity contribution in [1.82, 2.24) is 0 Å². The van der Waals surface area contributed by atoms with Gasteiger partial charge >= 0.3 is 0 Å². The van der Waals surface area contributed by atoms with Crippen LogP contribution in [0.3, 0.4) is 0 Å². The monoisotopic (exact) mass is 296 g/mol. The lowest BCUT2D eigenvalue weighted by atomic mass is 9.53. The van der Waals surface area contributed by atoms with E-state index < -0.39 is 5.60 Å². The molecular formula is C20H24O2. The number of fused-ring (bicyclic) bond motifs is 5. The Labute approximate surface area is 132 Å². The predicted molar refractivity (Wildman–Crippen MR) is 86.5 cm³/mol. The standard InChI is InChI=1S/C20H24O2/c1-3-20(22)11-9-18-17-6-4-13-12-14(21)5-7-15(13)16(17)8-10-19(18,20)2/h1,5,7,12,16-18,21-22H,4,6,8-11H2,2H3/t16-,17+,18+,19-,20+/m0/s1. The van der Waals surface area contributed by atoms with Crippen LogP contribution in [0.1, 0.15) is 56.1 Å². The molecule has 3 aliphatic rings. The molecule has 0 amide bonds. The average molecular weight is 296 g/mol. The van der Waals surface area contributed by atoms with Crippen molar-refractivity contribution < 1.29 is 10.2 Å². The van der Waals surface area contributed by atoms with E-state index in [1.807, 2.05) is 12.1 Å². The molecule has 116 valence electrons. The zero-order valence-electron chi connectivity index (χ0n) is 13.2. The number of aliphatic hydroxyl groups is 1. The summed E-state index contributed by atoms with van der Waals surface area (Å²) in [7, 11) is 0. The van der Waals surface area contributed by atoms with Gasteiger partial charge in [-0.25, -0.2) is 0 Å². The second-order valence-electron chi connectivity index (χ2n) is 7.80. The number of phenols is 1. The maximum atomic E-state index is 10.9. The molecule has 0 aliphatic heterocycles. The molecule has 2 nitrogen and oxygen atoms in total. The van der Waals surface area contributed by atoms with E-state index in [-0.39, 0.29) is 5.41 Å². The quantitative estimate of drug-likeness (QED) is 0.718. The summed E-state index contributed by atoms with van der Waals surface area (Å²) in [6.07, 6.45) is 11.8. The first-order valence-corrected chi connectivity index (χ1v) is 8.50. The fourth-order valence-electron chi connectivity index (χ4n) is 5.82. The topological polar surface area (TPSA) is 40.5 Å². The van der Waals surface area contributed by atoms with Crippen molar-refractivity contribution in [3.05, 3.63) is 29.3 Å². The normalized spacial score (nSPS) is 42.9. The molecule has 2 N–H and O–H groups in total. The van der Waals surface area contributed by atoms with Crippen LogP contribution in [0.2, 0.25) is 0 Å². The lowest BCUT2D eigenvalue weighted by molar-refractivity contribution is -0.0646. The molecule has 0 radical (unpaired) electrons. The summed E-state index contributed by atoms with van der Waals surface area (Å²) in [5.74, 6) is 4.82. The molecule has 0 aromatic heterocycles. The molecule has 0 spiro atoms. The van der Waals surface area contributed by atoms with E-state index in [9.17, 15) is 10.2 Å². The number of phenolic OH excluding ortho intramolecular Hbond substituents is 1. The molecule has 0 heterocycles. The van der Waals surface area contributed by atoms with Gasteiger partial charge in [0.15, 0.2) is 0 Å². The van der Waals surface area contributed by atoms with Gasteiger partial charge in [-0.1, -0.05) is 18.9 Å². The molecule has 3 aliphatic carbocycles. The number of rotatable bonds is 0. The lowest BCUT2D eigenvalue weighted by Crippen LogP contribution is -2.50. The van der Waals surface area contributed by atoms with E-state index >= 15 is 0 Å². The van der Waals surface area contributed by atoms with Gasteiger partial charge in [-0.05, 0) is 79.5 Å². The molecule has 4 rings (SSSR count). The molecule has 0 unspecified atom stereocenters. The smallest absolute Gasteiger partial charge is 0.130 e. The zero-order chi connectivity index (χ0) is 15.5. The van der Waals surface area contributed by atoms with Gasteiger partial charge in [0.05, 0.1) is 0 Å². The number of hydrogen-bond donors (Lipinski definition) is 2. The lowest BCUT2D eigenvalue weighted by Gasteiger charge is -2.52. The number of terminal acetylenes is 1. The first-order valence-electron chi connectivity index (χ1n) is 8.50. The fourth-order valence-corrected chi connectivity index (χ4v) is 5.82. The second kappa shape index (κ2) is 4.52. The van der Waals surface area contributed by atoms with Gasteiger partial charge in [-0.15, -0.1) is 6.42 Å². The Morgan fingerprint density at radius 1 is 1.23 bits per heavy atom. The van der Waals surface area contributed by atoms with Crippen molar-refractivity contribution in [3.8, 4) is 18.1 Å². The molecule has 5 atom stereocenters. The minimum atomic E-state index is -0.919. The summed E-state index contributed by atoms with van der Waals surface area (Å²) in [4.78, 5) is 0. The molecule has 22 heavy (non-hydrogen) atoms. The number of hydrogen-bond acceptors (Lipinski definition) is 2. The third-order valence-corrected chi connectivity index (χ3v) is 7.10. The molecule has 2 fully saturated rings. The van der Waals surface area contributed by atoms with Crippen molar-refractivity contribution in [2.75, 3.05) is 0 Å². The summed E-state index contributed by atoms with van der Waals surface area (Å²) in [5.41, 5.74) is 1.69. The van der Waals surface area contributed by atoms with Gasteiger partial charge in [-0.3, -0.25) is 0 Å².